The lowest BCUT2D eigenvalue weighted by molar-refractivity contribution is 0.271. The molecule has 0 atom stereocenters. The van der Waals surface area contributed by atoms with Gasteiger partial charge in [0.1, 0.15) is 0 Å². The second kappa shape index (κ2) is 5.28. The highest BCUT2D eigenvalue weighted by molar-refractivity contribution is 7.90. The van der Waals surface area contributed by atoms with E-state index in [1.54, 1.807) is 35.0 Å². The van der Waals surface area contributed by atoms with Crippen LogP contribution in [0.5, 0.6) is 0 Å². The normalized spacial score (nSPS) is 11.7. The van der Waals surface area contributed by atoms with Gasteiger partial charge in [0.2, 0.25) is 0 Å². The first kappa shape index (κ1) is 14.0. The molecule has 19 heavy (non-hydrogen) atoms. The van der Waals surface area contributed by atoms with Gasteiger partial charge in [-0.3, -0.25) is 0 Å². The monoisotopic (exact) mass is 298 g/mol. The minimum absolute atomic E-state index is 0.103. The van der Waals surface area contributed by atoms with E-state index in [4.69, 9.17) is 12.2 Å². The molecule has 0 amide bonds. The van der Waals surface area contributed by atoms with Gasteiger partial charge >= 0.3 is 0 Å². The van der Waals surface area contributed by atoms with Crippen LogP contribution < -0.4 is 0 Å². The second-order valence-electron chi connectivity index (χ2n) is 4.25. The lowest BCUT2D eigenvalue weighted by Gasteiger charge is -2.07. The molecule has 1 aromatic carbocycles. The highest BCUT2D eigenvalue weighted by Gasteiger charge is 2.07. The van der Waals surface area contributed by atoms with Crippen LogP contribution in [0, 0.1) is 4.77 Å². The molecule has 0 radical (unpaired) electrons. The van der Waals surface area contributed by atoms with Crippen LogP contribution in [0.15, 0.2) is 35.4 Å². The van der Waals surface area contributed by atoms with Gasteiger partial charge < -0.3 is 14.7 Å². The number of aliphatic hydroxyl groups excluding tert-OH is 1. The Hall–Kier alpha value is -1.44. The molecule has 2 aromatic rings. The molecule has 0 saturated heterocycles. The number of aliphatic hydroxyl groups is 1. The van der Waals surface area contributed by atoms with Crippen molar-refractivity contribution >= 4 is 22.1 Å². The van der Waals surface area contributed by atoms with E-state index in [9.17, 15) is 13.5 Å². The molecule has 2 rings (SSSR count). The maximum absolute atomic E-state index is 11.4. The highest BCUT2D eigenvalue weighted by Crippen LogP contribution is 2.13. The van der Waals surface area contributed by atoms with Crippen molar-refractivity contribution in [3.63, 3.8) is 0 Å². The number of imidazole rings is 1. The maximum Gasteiger partial charge on any atom is 0.177 e. The van der Waals surface area contributed by atoms with Crippen molar-refractivity contribution < 1.29 is 13.5 Å². The quantitative estimate of drug-likeness (QED) is 0.839. The number of aromatic amines is 1. The minimum atomic E-state index is -3.18. The summed E-state index contributed by atoms with van der Waals surface area (Å²) in [5.41, 5.74) is 1.61. The van der Waals surface area contributed by atoms with Crippen LogP contribution in [0.2, 0.25) is 0 Å². The van der Waals surface area contributed by atoms with Crippen molar-refractivity contribution in [2.75, 3.05) is 6.26 Å². The number of nitrogens with zero attached hydrogens (tertiary/aromatic N) is 1. The zero-order valence-electron chi connectivity index (χ0n) is 10.3. The Morgan fingerprint density at radius 2 is 1.95 bits per heavy atom. The summed E-state index contributed by atoms with van der Waals surface area (Å²) >= 11 is 5.12. The molecular weight excluding hydrogens is 284 g/mol. The van der Waals surface area contributed by atoms with Gasteiger partial charge in [0, 0.05) is 12.5 Å². The molecule has 0 spiro atoms. The van der Waals surface area contributed by atoms with Gasteiger partial charge in [-0.2, -0.15) is 0 Å². The Kier molecular flexibility index (Phi) is 3.88. The molecule has 0 unspecified atom stereocenters. The van der Waals surface area contributed by atoms with Crippen molar-refractivity contribution in [1.29, 1.82) is 0 Å². The number of rotatable bonds is 4. The number of sulfone groups is 1. The van der Waals surface area contributed by atoms with Gasteiger partial charge in [0.25, 0.3) is 0 Å². The van der Waals surface area contributed by atoms with Gasteiger partial charge in [-0.1, -0.05) is 12.1 Å². The van der Waals surface area contributed by atoms with E-state index in [-0.39, 0.29) is 11.5 Å². The van der Waals surface area contributed by atoms with Crippen LogP contribution >= 0.6 is 12.2 Å². The molecule has 0 bridgehead atoms. The van der Waals surface area contributed by atoms with E-state index in [2.05, 4.69) is 4.98 Å². The predicted octanol–water partition coefficient (Wildman–Crippen LogP) is 1.49. The molecule has 1 aromatic heterocycles. The molecule has 5 nitrogen and oxygen atoms in total. The molecule has 0 aliphatic rings. The third-order valence-electron chi connectivity index (χ3n) is 2.81. The standard InChI is InChI=1S/C12H14N2O3S2/c1-19(16,17)11-4-2-9(3-5-11)7-14-10(8-15)6-13-12(14)18/h2-6,15H,7-8H2,1H3,(H,13,18). The Balaban J connectivity index is 2.30. The zero-order chi connectivity index (χ0) is 14.0. The number of nitrogens with one attached hydrogen (secondary N) is 1. The van der Waals surface area contributed by atoms with Crippen LogP contribution in [0.4, 0.5) is 0 Å². The van der Waals surface area contributed by atoms with Gasteiger partial charge in [-0.05, 0) is 29.9 Å². The van der Waals surface area contributed by atoms with Crippen molar-refractivity contribution in [2.24, 2.45) is 0 Å². The third kappa shape index (κ3) is 3.12. The highest BCUT2D eigenvalue weighted by atomic mass is 32.2. The van der Waals surface area contributed by atoms with E-state index in [1.165, 1.54) is 6.26 Å². The number of H-pyrrole nitrogens is 1. The van der Waals surface area contributed by atoms with Gasteiger partial charge in [-0.25, -0.2) is 8.42 Å². The summed E-state index contributed by atoms with van der Waals surface area (Å²) in [6.07, 6.45) is 2.83. The van der Waals surface area contributed by atoms with Crippen molar-refractivity contribution in [3.8, 4) is 0 Å². The first-order valence-electron chi connectivity index (χ1n) is 5.59. The fourth-order valence-corrected chi connectivity index (χ4v) is 2.63. The van der Waals surface area contributed by atoms with Crippen LogP contribution in [-0.2, 0) is 23.0 Å². The summed E-state index contributed by atoms with van der Waals surface area (Å²) in [5.74, 6) is 0. The maximum atomic E-state index is 11.4. The van der Waals surface area contributed by atoms with E-state index >= 15 is 0 Å². The minimum Gasteiger partial charge on any atom is -0.390 e. The Labute approximate surface area is 116 Å². The molecule has 102 valence electrons. The van der Waals surface area contributed by atoms with E-state index < -0.39 is 9.84 Å². The number of benzene rings is 1. The van der Waals surface area contributed by atoms with Gasteiger partial charge in [0.15, 0.2) is 14.6 Å². The smallest absolute Gasteiger partial charge is 0.177 e. The number of hydrogen-bond acceptors (Lipinski definition) is 4. The molecular formula is C12H14N2O3S2. The SMILES string of the molecule is CS(=O)(=O)c1ccc(Cn2c(CO)c[nH]c2=S)cc1. The van der Waals surface area contributed by atoms with Crippen LogP contribution in [0.3, 0.4) is 0 Å². The summed E-state index contributed by atoms with van der Waals surface area (Å²) in [6, 6.07) is 6.62. The molecule has 0 aliphatic carbocycles. The third-order valence-corrected chi connectivity index (χ3v) is 4.28. The van der Waals surface area contributed by atoms with Gasteiger partial charge in [-0.15, -0.1) is 0 Å². The molecule has 7 heteroatoms. The fourth-order valence-electron chi connectivity index (χ4n) is 1.76. The number of hydrogen-bond donors (Lipinski definition) is 2. The molecule has 2 N–H and O–H groups in total. The molecule has 0 saturated carbocycles. The average Bonchev–Trinajstić information content (AvgIpc) is 2.70. The summed E-state index contributed by atoms with van der Waals surface area (Å²) in [7, 11) is -3.18. The van der Waals surface area contributed by atoms with Crippen LogP contribution in [-0.4, -0.2) is 29.3 Å². The topological polar surface area (TPSA) is 75.1 Å². The second-order valence-corrected chi connectivity index (χ2v) is 6.65. The first-order valence-corrected chi connectivity index (χ1v) is 7.88. The summed E-state index contributed by atoms with van der Waals surface area (Å²) in [6.45, 7) is 0.386. The van der Waals surface area contributed by atoms with E-state index in [0.717, 1.165) is 5.56 Å². The van der Waals surface area contributed by atoms with E-state index in [0.29, 0.717) is 17.0 Å². The molecule has 0 aliphatic heterocycles. The van der Waals surface area contributed by atoms with E-state index in [1.807, 2.05) is 0 Å². The van der Waals surface area contributed by atoms with Crippen LogP contribution in [0.25, 0.3) is 0 Å². The summed E-state index contributed by atoms with van der Waals surface area (Å²) in [5, 5.41) is 9.19. The predicted molar refractivity (Wildman–Crippen MR) is 74.2 cm³/mol. The molecule has 0 fully saturated rings. The number of aromatic nitrogens is 2. The van der Waals surface area contributed by atoms with Crippen molar-refractivity contribution in [1.82, 2.24) is 9.55 Å². The fraction of sp³-hybridized carbons (Fsp3) is 0.250. The Morgan fingerprint density at radius 3 is 2.47 bits per heavy atom. The van der Waals surface area contributed by atoms with Crippen LogP contribution in [0.1, 0.15) is 11.3 Å². The molecule has 1 heterocycles. The van der Waals surface area contributed by atoms with Crippen molar-refractivity contribution in [2.45, 2.75) is 18.0 Å². The lowest BCUT2D eigenvalue weighted by Crippen LogP contribution is -2.05. The largest absolute Gasteiger partial charge is 0.390 e. The Bertz CT molecular complexity index is 727. The summed E-state index contributed by atoms with van der Waals surface area (Å²) in [4.78, 5) is 3.15. The zero-order valence-corrected chi connectivity index (χ0v) is 12.0. The average molecular weight is 298 g/mol. The summed E-state index contributed by atoms with van der Waals surface area (Å²) < 4.78 is 25.0. The Morgan fingerprint density at radius 1 is 1.32 bits per heavy atom. The van der Waals surface area contributed by atoms with Gasteiger partial charge in [0.05, 0.1) is 23.7 Å². The lowest BCUT2D eigenvalue weighted by atomic mass is 10.2. The first-order chi connectivity index (χ1) is 8.91. The van der Waals surface area contributed by atoms with Crippen molar-refractivity contribution in [3.05, 3.63) is 46.5 Å².